The van der Waals surface area contributed by atoms with Gasteiger partial charge in [-0.05, 0) is 12.8 Å². The Labute approximate surface area is 358 Å². The molecule has 1 aliphatic rings. The second-order valence-corrected chi connectivity index (χ2v) is 18.9. The molecular weight excluding hydrogens is 777 g/mol. The van der Waals surface area contributed by atoms with E-state index in [2.05, 4.69) is 19.2 Å². The summed E-state index contributed by atoms with van der Waals surface area (Å²) in [6, 6.07) is -1.15. The molecule has 0 aromatic rings. The number of rotatable bonds is 40. The first kappa shape index (κ1) is 56.3. The van der Waals surface area contributed by atoms with E-state index in [1.54, 1.807) is 0 Å². The molecule has 1 saturated carbocycles. The van der Waals surface area contributed by atoms with Crippen LogP contribution in [0.4, 0.5) is 0 Å². The lowest BCUT2D eigenvalue weighted by Crippen LogP contribution is -2.64. The van der Waals surface area contributed by atoms with Gasteiger partial charge in [-0.25, -0.2) is 4.57 Å². The van der Waals surface area contributed by atoms with Gasteiger partial charge in [-0.2, -0.15) is 0 Å². The van der Waals surface area contributed by atoms with Crippen LogP contribution < -0.4 is 5.32 Å². The molecule has 9 N–H and O–H groups in total. The Morgan fingerprint density at radius 1 is 0.525 bits per heavy atom. The van der Waals surface area contributed by atoms with Gasteiger partial charge in [0.15, 0.2) is 0 Å². The van der Waals surface area contributed by atoms with Crippen LogP contribution >= 0.6 is 7.82 Å². The molecule has 8 atom stereocenters. The summed E-state index contributed by atoms with van der Waals surface area (Å²) < 4.78 is 22.9. The highest BCUT2D eigenvalue weighted by molar-refractivity contribution is 7.47. The van der Waals surface area contributed by atoms with E-state index in [9.17, 15) is 50.0 Å². The van der Waals surface area contributed by atoms with E-state index in [0.29, 0.717) is 12.8 Å². The zero-order valence-corrected chi connectivity index (χ0v) is 38.1. The quantitative estimate of drug-likeness (QED) is 0.0211. The van der Waals surface area contributed by atoms with Crippen LogP contribution in [0, 0.1) is 0 Å². The molecule has 0 aromatic carbocycles. The zero-order valence-electron chi connectivity index (χ0n) is 37.2. The van der Waals surface area contributed by atoms with Crippen LogP contribution in [0.15, 0.2) is 0 Å². The molecular formula is C45H90NO12P. The fourth-order valence-corrected chi connectivity index (χ4v) is 8.98. The molecule has 8 unspecified atom stereocenters. The Bertz CT molecular complexity index is 1030. The van der Waals surface area contributed by atoms with Crippen molar-refractivity contribution < 1.29 is 59.0 Å². The van der Waals surface area contributed by atoms with E-state index < -0.39 is 75.2 Å². The minimum absolute atomic E-state index is 0.216. The van der Waals surface area contributed by atoms with Gasteiger partial charge in [0.25, 0.3) is 0 Å². The monoisotopic (exact) mass is 868 g/mol. The minimum atomic E-state index is -5.11. The highest BCUT2D eigenvalue weighted by atomic mass is 31.2. The van der Waals surface area contributed by atoms with Crippen molar-refractivity contribution in [1.29, 1.82) is 0 Å². The Morgan fingerprint density at radius 2 is 0.847 bits per heavy atom. The summed E-state index contributed by atoms with van der Waals surface area (Å²) in [5, 5.41) is 74.6. The lowest BCUT2D eigenvalue weighted by molar-refractivity contribution is -0.220. The first-order chi connectivity index (χ1) is 28.3. The van der Waals surface area contributed by atoms with Crippen molar-refractivity contribution >= 4 is 13.7 Å². The first-order valence-electron chi connectivity index (χ1n) is 24.1. The molecule has 0 aliphatic heterocycles. The average Bonchev–Trinajstić information content (AvgIpc) is 3.21. The molecule has 0 spiro atoms. The van der Waals surface area contributed by atoms with Gasteiger partial charge in [0.1, 0.15) is 36.6 Å². The predicted molar refractivity (Wildman–Crippen MR) is 234 cm³/mol. The van der Waals surface area contributed by atoms with E-state index in [1.807, 2.05) is 0 Å². The number of carbonyl (C=O) groups excluding carboxylic acids is 1. The number of phosphoric acid groups is 1. The van der Waals surface area contributed by atoms with E-state index in [1.165, 1.54) is 128 Å². The predicted octanol–water partition coefficient (Wildman–Crippen LogP) is 8.04. The van der Waals surface area contributed by atoms with Crippen molar-refractivity contribution in [2.24, 2.45) is 0 Å². The van der Waals surface area contributed by atoms with Gasteiger partial charge in [0.05, 0.1) is 31.3 Å². The van der Waals surface area contributed by atoms with Crippen LogP contribution in [0.3, 0.4) is 0 Å². The number of aliphatic hydroxyl groups is 7. The topological polar surface area (TPSA) is 226 Å². The van der Waals surface area contributed by atoms with Crippen molar-refractivity contribution in [3.63, 3.8) is 0 Å². The summed E-state index contributed by atoms with van der Waals surface area (Å²) in [4.78, 5) is 23.5. The van der Waals surface area contributed by atoms with Gasteiger partial charge in [-0.1, -0.05) is 200 Å². The molecule has 1 rings (SSSR count). The molecule has 0 aromatic heterocycles. The normalized spacial score (nSPS) is 23.5. The van der Waals surface area contributed by atoms with Crippen molar-refractivity contribution in [3.8, 4) is 0 Å². The van der Waals surface area contributed by atoms with Crippen molar-refractivity contribution in [2.75, 3.05) is 6.61 Å². The molecule has 1 aliphatic carbocycles. The number of nitrogens with one attached hydrogen (secondary N) is 1. The third-order valence-corrected chi connectivity index (χ3v) is 13.0. The molecule has 352 valence electrons. The maximum absolute atomic E-state index is 13.0. The minimum Gasteiger partial charge on any atom is -0.393 e. The van der Waals surface area contributed by atoms with Crippen molar-refractivity contribution in [2.45, 2.75) is 274 Å². The summed E-state index contributed by atoms with van der Waals surface area (Å²) in [6.07, 6.45) is 21.5. The number of aliphatic hydroxyl groups excluding tert-OH is 7. The summed E-state index contributed by atoms with van der Waals surface area (Å²) in [6.45, 7) is 3.80. The fourth-order valence-electron chi connectivity index (χ4n) is 8.01. The third kappa shape index (κ3) is 27.9. The van der Waals surface area contributed by atoms with Gasteiger partial charge < -0.3 is 46.0 Å². The molecule has 0 radical (unpaired) electrons. The number of hydrogen-bond acceptors (Lipinski definition) is 11. The Kier molecular flexibility index (Phi) is 34.1. The second kappa shape index (κ2) is 35.7. The Morgan fingerprint density at radius 3 is 1.22 bits per heavy atom. The molecule has 14 heteroatoms. The number of amides is 1. The molecule has 0 heterocycles. The average molecular weight is 868 g/mol. The van der Waals surface area contributed by atoms with Crippen LogP contribution in [-0.4, -0.2) is 108 Å². The van der Waals surface area contributed by atoms with Crippen LogP contribution in [0.25, 0.3) is 0 Å². The summed E-state index contributed by atoms with van der Waals surface area (Å²) in [7, 11) is -5.11. The van der Waals surface area contributed by atoms with E-state index in [-0.39, 0.29) is 12.8 Å². The Balaban J connectivity index is 2.50. The molecule has 13 nitrogen and oxygen atoms in total. The van der Waals surface area contributed by atoms with E-state index in [4.69, 9.17) is 9.05 Å². The van der Waals surface area contributed by atoms with Crippen LogP contribution in [0.2, 0.25) is 0 Å². The van der Waals surface area contributed by atoms with Gasteiger partial charge in [0, 0.05) is 0 Å². The van der Waals surface area contributed by atoms with Crippen molar-refractivity contribution in [3.05, 3.63) is 0 Å². The van der Waals surface area contributed by atoms with Crippen LogP contribution in [0.1, 0.15) is 219 Å². The van der Waals surface area contributed by atoms with Crippen molar-refractivity contribution in [1.82, 2.24) is 5.32 Å². The molecule has 1 fully saturated rings. The summed E-state index contributed by atoms with van der Waals surface area (Å²) in [5.74, 6) is -0.557. The van der Waals surface area contributed by atoms with Gasteiger partial charge in [-0.15, -0.1) is 0 Å². The number of carbonyl (C=O) groups is 1. The molecule has 0 saturated heterocycles. The van der Waals surface area contributed by atoms with Crippen LogP contribution in [0.5, 0.6) is 0 Å². The maximum Gasteiger partial charge on any atom is 0.472 e. The number of phosphoric ester groups is 1. The smallest absolute Gasteiger partial charge is 0.393 e. The molecule has 59 heavy (non-hydrogen) atoms. The Hall–Kier alpha value is -0.700. The number of hydrogen-bond donors (Lipinski definition) is 9. The van der Waals surface area contributed by atoms with E-state index >= 15 is 0 Å². The van der Waals surface area contributed by atoms with Gasteiger partial charge in [0.2, 0.25) is 5.91 Å². The highest BCUT2D eigenvalue weighted by Gasteiger charge is 2.51. The van der Waals surface area contributed by atoms with Gasteiger partial charge in [-0.3, -0.25) is 13.8 Å². The van der Waals surface area contributed by atoms with Gasteiger partial charge >= 0.3 is 7.82 Å². The summed E-state index contributed by atoms with van der Waals surface area (Å²) >= 11 is 0. The first-order valence-corrected chi connectivity index (χ1v) is 25.6. The van der Waals surface area contributed by atoms with E-state index in [0.717, 1.165) is 51.4 Å². The SMILES string of the molecule is CCCCCCCCCCCCCCCCCCCC(O)C(COP(=O)(O)OC1C(O)C(O)C(O)C(O)C1O)NC(=O)CC(O)CCCCCCCCCCCCCC. The lowest BCUT2D eigenvalue weighted by atomic mass is 9.85. The standard InChI is InChI=1S/C45H90NO12P/c1-3-5-7-9-11-13-15-17-18-19-20-21-23-25-27-29-31-33-38(48)37(35-57-59(55,56)58-45-43(53)41(51)40(50)42(52)44(45)54)46-39(49)34-36(47)32-30-28-26-24-22-16-14-12-10-8-6-4-2/h36-38,40-45,47-48,50-54H,3-35H2,1-2H3,(H,46,49)(H,55,56). The maximum atomic E-state index is 13.0. The second-order valence-electron chi connectivity index (χ2n) is 17.5. The summed E-state index contributed by atoms with van der Waals surface area (Å²) in [5.41, 5.74) is 0. The zero-order chi connectivity index (χ0) is 43.7. The molecule has 1 amide bonds. The third-order valence-electron chi connectivity index (χ3n) is 12.0. The number of unbranched alkanes of at least 4 members (excludes halogenated alkanes) is 27. The van der Waals surface area contributed by atoms with Crippen LogP contribution in [-0.2, 0) is 18.4 Å². The fraction of sp³-hybridized carbons (Fsp3) is 0.978. The largest absolute Gasteiger partial charge is 0.472 e. The molecule has 0 bridgehead atoms. The lowest BCUT2D eigenvalue weighted by Gasteiger charge is -2.41. The highest BCUT2D eigenvalue weighted by Crippen LogP contribution is 2.47.